The molecule has 1 aliphatic rings. The molecule has 0 amide bonds. The maximum Gasteiger partial charge on any atom is 0.161 e. The summed E-state index contributed by atoms with van der Waals surface area (Å²) >= 11 is 0. The van der Waals surface area contributed by atoms with Crippen molar-refractivity contribution in [1.29, 1.82) is 0 Å². The van der Waals surface area contributed by atoms with Crippen molar-refractivity contribution in [3.8, 4) is 11.5 Å². The van der Waals surface area contributed by atoms with Gasteiger partial charge in [-0.25, -0.2) is 0 Å². The molecule has 4 nitrogen and oxygen atoms in total. The Morgan fingerprint density at radius 1 is 1.05 bits per heavy atom. The summed E-state index contributed by atoms with van der Waals surface area (Å²) in [5, 5.41) is 3.43. The molecule has 0 radical (unpaired) electrons. The monoisotopic (exact) mass is 287 g/mol. The predicted octanol–water partition coefficient (Wildman–Crippen LogP) is 3.51. The van der Waals surface area contributed by atoms with Gasteiger partial charge in [0.2, 0.25) is 0 Å². The normalized spacial score (nSPS) is 14.1. The second kappa shape index (κ2) is 6.68. The molecule has 1 N–H and O–H groups in total. The first-order valence-electron chi connectivity index (χ1n) is 7.50. The van der Waals surface area contributed by atoms with E-state index in [1.165, 1.54) is 12.8 Å². The average Bonchev–Trinajstić information content (AvgIpc) is 3.23. The number of nitrogens with one attached hydrogen (secondary N) is 1. The Balaban J connectivity index is 1.54. The number of furan rings is 1. The summed E-state index contributed by atoms with van der Waals surface area (Å²) in [5.41, 5.74) is 0. The lowest BCUT2D eigenvalue weighted by Gasteiger charge is -2.10. The molecule has 1 saturated carbocycles. The van der Waals surface area contributed by atoms with Gasteiger partial charge >= 0.3 is 0 Å². The average molecular weight is 287 g/mol. The Morgan fingerprint density at radius 2 is 1.76 bits per heavy atom. The van der Waals surface area contributed by atoms with Crippen LogP contribution in [-0.2, 0) is 13.2 Å². The highest BCUT2D eigenvalue weighted by Gasteiger charge is 2.20. The molecule has 0 unspecified atom stereocenters. The van der Waals surface area contributed by atoms with E-state index in [0.717, 1.165) is 29.6 Å². The summed E-state index contributed by atoms with van der Waals surface area (Å²) in [6, 6.07) is 12.3. The zero-order valence-electron chi connectivity index (χ0n) is 12.3. The topological polar surface area (TPSA) is 43.6 Å². The second-order valence-electron chi connectivity index (χ2n) is 5.19. The molecule has 1 aromatic heterocycles. The van der Waals surface area contributed by atoms with Crippen molar-refractivity contribution >= 4 is 0 Å². The van der Waals surface area contributed by atoms with E-state index in [0.29, 0.717) is 19.3 Å². The quantitative estimate of drug-likeness (QED) is 0.807. The maximum atomic E-state index is 5.79. The summed E-state index contributed by atoms with van der Waals surface area (Å²) in [7, 11) is 0. The Morgan fingerprint density at radius 3 is 2.48 bits per heavy atom. The molecule has 4 heteroatoms. The van der Waals surface area contributed by atoms with E-state index >= 15 is 0 Å². The van der Waals surface area contributed by atoms with Crippen molar-refractivity contribution in [3.63, 3.8) is 0 Å². The molecule has 0 saturated heterocycles. The van der Waals surface area contributed by atoms with Gasteiger partial charge in [0.05, 0.1) is 13.2 Å². The first-order valence-corrected chi connectivity index (χ1v) is 7.50. The lowest BCUT2D eigenvalue weighted by molar-refractivity contribution is 0.244. The summed E-state index contributed by atoms with van der Waals surface area (Å²) < 4.78 is 17.1. The molecular formula is C17H21NO3. The van der Waals surface area contributed by atoms with Crippen molar-refractivity contribution in [2.45, 2.75) is 39.0 Å². The van der Waals surface area contributed by atoms with Crippen LogP contribution in [0, 0.1) is 0 Å². The number of hydrogen-bond acceptors (Lipinski definition) is 4. The van der Waals surface area contributed by atoms with Gasteiger partial charge in [0, 0.05) is 6.04 Å². The summed E-state index contributed by atoms with van der Waals surface area (Å²) in [6.45, 7) is 3.79. The van der Waals surface area contributed by atoms with Crippen LogP contribution in [0.15, 0.2) is 40.8 Å². The van der Waals surface area contributed by atoms with Gasteiger partial charge in [-0.2, -0.15) is 0 Å². The maximum absolute atomic E-state index is 5.79. The molecule has 1 aromatic carbocycles. The highest BCUT2D eigenvalue weighted by atomic mass is 16.5. The number of hydrogen-bond donors (Lipinski definition) is 1. The standard InChI is InChI=1S/C17H21NO3/c1-2-19-16-5-3-4-6-17(16)20-12-15-10-9-14(21-15)11-18-13-7-8-13/h3-6,9-10,13,18H,2,7-8,11-12H2,1H3. The summed E-state index contributed by atoms with van der Waals surface area (Å²) in [4.78, 5) is 0. The Bertz CT molecular complexity index is 575. The zero-order valence-corrected chi connectivity index (χ0v) is 12.3. The van der Waals surface area contributed by atoms with Gasteiger partial charge in [-0.1, -0.05) is 12.1 Å². The van der Waals surface area contributed by atoms with Crippen LogP contribution in [-0.4, -0.2) is 12.6 Å². The lowest BCUT2D eigenvalue weighted by Crippen LogP contribution is -2.14. The van der Waals surface area contributed by atoms with E-state index in [9.17, 15) is 0 Å². The molecule has 112 valence electrons. The van der Waals surface area contributed by atoms with Crippen LogP contribution in [0.1, 0.15) is 31.3 Å². The van der Waals surface area contributed by atoms with Gasteiger partial charge < -0.3 is 19.2 Å². The SMILES string of the molecule is CCOc1ccccc1OCc1ccc(CNC2CC2)o1. The molecule has 0 spiro atoms. The van der Waals surface area contributed by atoms with Gasteiger partial charge in [0.1, 0.15) is 18.1 Å². The number of rotatable bonds is 8. The molecule has 0 aliphatic heterocycles. The van der Waals surface area contributed by atoms with Crippen LogP contribution in [0.2, 0.25) is 0 Å². The smallest absolute Gasteiger partial charge is 0.161 e. The molecule has 2 aromatic rings. The molecule has 21 heavy (non-hydrogen) atoms. The van der Waals surface area contributed by atoms with Gasteiger partial charge in [-0.3, -0.25) is 0 Å². The van der Waals surface area contributed by atoms with E-state index < -0.39 is 0 Å². The van der Waals surface area contributed by atoms with Gasteiger partial charge in [-0.05, 0) is 44.0 Å². The fourth-order valence-electron chi connectivity index (χ4n) is 2.12. The van der Waals surface area contributed by atoms with E-state index in [1.54, 1.807) is 0 Å². The third-order valence-corrected chi connectivity index (χ3v) is 3.38. The second-order valence-corrected chi connectivity index (χ2v) is 5.19. The first kappa shape index (κ1) is 14.0. The van der Waals surface area contributed by atoms with Crippen molar-refractivity contribution in [2.24, 2.45) is 0 Å². The zero-order chi connectivity index (χ0) is 14.5. The lowest BCUT2D eigenvalue weighted by atomic mass is 10.3. The first-order chi connectivity index (χ1) is 10.3. The number of ether oxygens (including phenoxy) is 2. The third kappa shape index (κ3) is 4.02. The number of para-hydroxylation sites is 2. The summed E-state index contributed by atoms with van der Waals surface area (Å²) in [6.07, 6.45) is 2.57. The predicted molar refractivity (Wildman–Crippen MR) is 80.5 cm³/mol. The van der Waals surface area contributed by atoms with Gasteiger partial charge in [0.15, 0.2) is 11.5 Å². The highest BCUT2D eigenvalue weighted by Crippen LogP contribution is 2.27. The van der Waals surface area contributed by atoms with Crippen LogP contribution >= 0.6 is 0 Å². The Hall–Kier alpha value is -1.94. The van der Waals surface area contributed by atoms with Crippen LogP contribution in [0.4, 0.5) is 0 Å². The third-order valence-electron chi connectivity index (χ3n) is 3.38. The fraction of sp³-hybridized carbons (Fsp3) is 0.412. The number of benzene rings is 1. The molecule has 3 rings (SSSR count). The Labute approximate surface area is 125 Å². The van der Waals surface area contributed by atoms with E-state index in [4.69, 9.17) is 13.9 Å². The van der Waals surface area contributed by atoms with Crippen LogP contribution < -0.4 is 14.8 Å². The van der Waals surface area contributed by atoms with E-state index in [-0.39, 0.29) is 0 Å². The van der Waals surface area contributed by atoms with E-state index in [1.807, 2.05) is 43.3 Å². The van der Waals surface area contributed by atoms with Crippen LogP contribution in [0.3, 0.4) is 0 Å². The van der Waals surface area contributed by atoms with Crippen molar-refractivity contribution in [1.82, 2.24) is 5.32 Å². The molecule has 1 fully saturated rings. The summed E-state index contributed by atoms with van der Waals surface area (Å²) in [5.74, 6) is 3.29. The molecule has 1 heterocycles. The Kier molecular flexibility index (Phi) is 4.46. The largest absolute Gasteiger partial charge is 0.490 e. The molecule has 0 atom stereocenters. The van der Waals surface area contributed by atoms with Crippen molar-refractivity contribution in [2.75, 3.05) is 6.61 Å². The van der Waals surface area contributed by atoms with Crippen molar-refractivity contribution in [3.05, 3.63) is 47.9 Å². The van der Waals surface area contributed by atoms with Gasteiger partial charge in [0.25, 0.3) is 0 Å². The minimum Gasteiger partial charge on any atom is -0.490 e. The van der Waals surface area contributed by atoms with Crippen LogP contribution in [0.25, 0.3) is 0 Å². The van der Waals surface area contributed by atoms with Crippen molar-refractivity contribution < 1.29 is 13.9 Å². The molecular weight excluding hydrogens is 266 g/mol. The van der Waals surface area contributed by atoms with Crippen LogP contribution in [0.5, 0.6) is 11.5 Å². The minimum atomic E-state index is 0.410. The molecule has 1 aliphatic carbocycles. The van der Waals surface area contributed by atoms with Gasteiger partial charge in [-0.15, -0.1) is 0 Å². The van der Waals surface area contributed by atoms with E-state index in [2.05, 4.69) is 5.32 Å². The minimum absolute atomic E-state index is 0.410. The fourth-order valence-corrected chi connectivity index (χ4v) is 2.12. The molecule has 0 bridgehead atoms. The highest BCUT2D eigenvalue weighted by molar-refractivity contribution is 5.39.